The molecule has 0 unspecified atom stereocenters. The predicted octanol–water partition coefficient (Wildman–Crippen LogP) is 2.81. The molecule has 19 heavy (non-hydrogen) atoms. The quantitative estimate of drug-likeness (QED) is 0.668. The van der Waals surface area contributed by atoms with Crippen LogP contribution in [0.25, 0.3) is 0 Å². The number of amides is 1. The molecule has 96 valence electrons. The van der Waals surface area contributed by atoms with Gasteiger partial charge in [0.2, 0.25) is 0 Å². The van der Waals surface area contributed by atoms with E-state index >= 15 is 0 Å². The second kappa shape index (κ2) is 6.02. The average Bonchev–Trinajstić information content (AvgIpc) is 2.41. The summed E-state index contributed by atoms with van der Waals surface area (Å²) in [4.78, 5) is 11.8. The smallest absolute Gasteiger partial charge is 0.272 e. The highest BCUT2D eigenvalue weighted by Gasteiger charge is 2.07. The zero-order valence-corrected chi connectivity index (χ0v) is 10.6. The number of nitrogens with zero attached hydrogens (tertiary/aromatic N) is 1. The Morgan fingerprint density at radius 2 is 1.84 bits per heavy atom. The van der Waals surface area contributed by atoms with Crippen molar-refractivity contribution in [3.05, 3.63) is 64.7 Å². The number of phenolic OH excluding ortho intramolecular Hbond substituents is 1. The largest absolute Gasteiger partial charge is 0.507 e. The predicted molar refractivity (Wildman–Crippen MR) is 74.6 cm³/mol. The minimum atomic E-state index is -0.405. The fourth-order valence-corrected chi connectivity index (χ4v) is 1.68. The Bertz CT molecular complexity index is 626. The first kappa shape index (κ1) is 13.1. The van der Waals surface area contributed by atoms with Crippen molar-refractivity contribution in [2.75, 3.05) is 0 Å². The Labute approximate surface area is 115 Å². The third-order valence-electron chi connectivity index (χ3n) is 2.42. The first-order valence-electron chi connectivity index (χ1n) is 5.54. The standard InChI is InChI=1S/C14H11ClN2O2/c15-12-7-3-2-6-11(12)14(19)17-16-9-10-5-1-4-8-13(10)18/h1-9,18H,(H,17,19)/b16-9+. The monoisotopic (exact) mass is 274 g/mol. The molecule has 0 heterocycles. The third kappa shape index (κ3) is 3.33. The van der Waals surface area contributed by atoms with Crippen LogP contribution < -0.4 is 5.43 Å². The van der Waals surface area contributed by atoms with Crippen molar-refractivity contribution in [3.63, 3.8) is 0 Å². The maximum absolute atomic E-state index is 11.8. The summed E-state index contributed by atoms with van der Waals surface area (Å²) in [7, 11) is 0. The summed E-state index contributed by atoms with van der Waals surface area (Å²) < 4.78 is 0. The van der Waals surface area contributed by atoms with Gasteiger partial charge in [-0.15, -0.1) is 0 Å². The lowest BCUT2D eigenvalue weighted by Crippen LogP contribution is -2.17. The molecule has 2 aromatic carbocycles. The van der Waals surface area contributed by atoms with Gasteiger partial charge in [0.15, 0.2) is 0 Å². The zero-order valence-electron chi connectivity index (χ0n) is 9.88. The van der Waals surface area contributed by atoms with Crippen molar-refractivity contribution in [2.45, 2.75) is 0 Å². The molecule has 0 bridgehead atoms. The van der Waals surface area contributed by atoms with Crippen LogP contribution in [0.1, 0.15) is 15.9 Å². The van der Waals surface area contributed by atoms with Crippen LogP contribution in [0.3, 0.4) is 0 Å². The van der Waals surface area contributed by atoms with Crippen LogP contribution in [-0.2, 0) is 0 Å². The molecule has 0 radical (unpaired) electrons. The van der Waals surface area contributed by atoms with E-state index in [1.54, 1.807) is 42.5 Å². The molecule has 5 heteroatoms. The van der Waals surface area contributed by atoms with Crippen LogP contribution in [-0.4, -0.2) is 17.2 Å². The number of hydrazone groups is 1. The van der Waals surface area contributed by atoms with Crippen molar-refractivity contribution < 1.29 is 9.90 Å². The molecule has 0 saturated heterocycles. The molecule has 4 nitrogen and oxygen atoms in total. The molecule has 0 atom stereocenters. The molecule has 0 aromatic heterocycles. The van der Waals surface area contributed by atoms with E-state index in [0.29, 0.717) is 16.1 Å². The van der Waals surface area contributed by atoms with Crippen LogP contribution in [0.15, 0.2) is 53.6 Å². The number of rotatable bonds is 3. The molecule has 1 amide bonds. The van der Waals surface area contributed by atoms with Crippen molar-refractivity contribution in [2.24, 2.45) is 5.10 Å². The number of para-hydroxylation sites is 1. The molecular weight excluding hydrogens is 264 g/mol. The van der Waals surface area contributed by atoms with Gasteiger partial charge >= 0.3 is 0 Å². The summed E-state index contributed by atoms with van der Waals surface area (Å²) in [5.74, 6) is -0.310. The molecule has 0 aliphatic rings. The molecule has 2 rings (SSSR count). The molecule has 0 saturated carbocycles. The highest BCUT2D eigenvalue weighted by atomic mass is 35.5. The Kier molecular flexibility index (Phi) is 4.15. The van der Waals surface area contributed by atoms with E-state index in [1.165, 1.54) is 12.3 Å². The Hall–Kier alpha value is -2.33. The van der Waals surface area contributed by atoms with Crippen molar-refractivity contribution in [3.8, 4) is 5.75 Å². The van der Waals surface area contributed by atoms with Crippen LogP contribution >= 0.6 is 11.6 Å². The first-order chi connectivity index (χ1) is 9.18. The van der Waals surface area contributed by atoms with Gasteiger partial charge in [-0.3, -0.25) is 4.79 Å². The van der Waals surface area contributed by atoms with Crippen LogP contribution in [0.4, 0.5) is 0 Å². The normalized spacial score (nSPS) is 10.6. The highest BCUT2D eigenvalue weighted by molar-refractivity contribution is 6.33. The lowest BCUT2D eigenvalue weighted by Gasteiger charge is -2.02. The minimum Gasteiger partial charge on any atom is -0.507 e. The minimum absolute atomic E-state index is 0.0956. The number of benzene rings is 2. The van der Waals surface area contributed by atoms with Gasteiger partial charge in [0.05, 0.1) is 16.8 Å². The second-order valence-electron chi connectivity index (χ2n) is 3.74. The van der Waals surface area contributed by atoms with E-state index in [4.69, 9.17) is 11.6 Å². The van der Waals surface area contributed by atoms with Crippen molar-refractivity contribution in [1.82, 2.24) is 5.43 Å². The van der Waals surface area contributed by atoms with E-state index in [0.717, 1.165) is 0 Å². The highest BCUT2D eigenvalue weighted by Crippen LogP contribution is 2.15. The number of phenols is 1. The van der Waals surface area contributed by atoms with E-state index < -0.39 is 5.91 Å². The van der Waals surface area contributed by atoms with Crippen molar-refractivity contribution in [1.29, 1.82) is 0 Å². The molecular formula is C14H11ClN2O2. The number of carbonyl (C=O) groups excluding carboxylic acids is 1. The lowest BCUT2D eigenvalue weighted by molar-refractivity contribution is 0.0955. The summed E-state index contributed by atoms with van der Waals surface area (Å²) in [6, 6.07) is 13.4. The molecule has 0 fully saturated rings. The van der Waals surface area contributed by atoms with Gasteiger partial charge in [-0.05, 0) is 24.3 Å². The second-order valence-corrected chi connectivity index (χ2v) is 4.14. The van der Waals surface area contributed by atoms with Crippen LogP contribution in [0, 0.1) is 0 Å². The van der Waals surface area contributed by atoms with Gasteiger partial charge in [-0.25, -0.2) is 5.43 Å². The van der Waals surface area contributed by atoms with E-state index in [1.807, 2.05) is 0 Å². The SMILES string of the molecule is O=C(N/N=C/c1ccccc1O)c1ccccc1Cl. The molecule has 0 aliphatic heterocycles. The first-order valence-corrected chi connectivity index (χ1v) is 5.92. The van der Waals surface area contributed by atoms with Gasteiger partial charge in [0.25, 0.3) is 5.91 Å². The zero-order chi connectivity index (χ0) is 13.7. The lowest BCUT2D eigenvalue weighted by atomic mass is 10.2. The van der Waals surface area contributed by atoms with Crippen molar-refractivity contribution >= 4 is 23.7 Å². The van der Waals surface area contributed by atoms with Gasteiger partial charge in [-0.1, -0.05) is 35.9 Å². The molecule has 0 spiro atoms. The number of aromatic hydroxyl groups is 1. The summed E-state index contributed by atoms with van der Waals surface area (Å²) in [5.41, 5.74) is 3.21. The molecule has 2 N–H and O–H groups in total. The maximum atomic E-state index is 11.8. The maximum Gasteiger partial charge on any atom is 0.272 e. The number of nitrogens with one attached hydrogen (secondary N) is 1. The molecule has 2 aromatic rings. The number of hydrogen-bond donors (Lipinski definition) is 2. The van der Waals surface area contributed by atoms with Crippen LogP contribution in [0.5, 0.6) is 5.75 Å². The summed E-state index contributed by atoms with van der Waals surface area (Å²) in [5, 5.41) is 13.6. The topological polar surface area (TPSA) is 61.7 Å². The number of carbonyl (C=O) groups is 1. The fourth-order valence-electron chi connectivity index (χ4n) is 1.46. The summed E-state index contributed by atoms with van der Waals surface area (Å²) in [6.07, 6.45) is 1.37. The Morgan fingerprint density at radius 3 is 2.58 bits per heavy atom. The average molecular weight is 275 g/mol. The van der Waals surface area contributed by atoms with Gasteiger partial charge < -0.3 is 5.11 Å². The fraction of sp³-hybridized carbons (Fsp3) is 0. The third-order valence-corrected chi connectivity index (χ3v) is 2.75. The van der Waals surface area contributed by atoms with E-state index in [2.05, 4.69) is 10.5 Å². The van der Waals surface area contributed by atoms with Gasteiger partial charge in [0.1, 0.15) is 5.75 Å². The van der Waals surface area contributed by atoms with Gasteiger partial charge in [0, 0.05) is 5.56 Å². The number of halogens is 1. The summed E-state index contributed by atoms with van der Waals surface area (Å²) >= 11 is 5.89. The Balaban J connectivity index is 2.06. The van der Waals surface area contributed by atoms with E-state index in [-0.39, 0.29) is 5.75 Å². The van der Waals surface area contributed by atoms with Crippen LogP contribution in [0.2, 0.25) is 5.02 Å². The molecule has 0 aliphatic carbocycles. The van der Waals surface area contributed by atoms with Gasteiger partial charge in [-0.2, -0.15) is 5.10 Å². The number of hydrogen-bond acceptors (Lipinski definition) is 3. The Morgan fingerprint density at radius 1 is 1.16 bits per heavy atom. The summed E-state index contributed by atoms with van der Waals surface area (Å²) in [6.45, 7) is 0. The van der Waals surface area contributed by atoms with E-state index in [9.17, 15) is 9.90 Å².